The number of piperazine rings is 1. The number of benzene rings is 1. The number of amides is 2. The quantitative estimate of drug-likeness (QED) is 0.741. The second-order valence-electron chi connectivity index (χ2n) is 4.34. The van der Waals surface area contributed by atoms with Crippen LogP contribution in [0.2, 0.25) is 0 Å². The second kappa shape index (κ2) is 6.33. The van der Waals surface area contributed by atoms with E-state index in [4.69, 9.17) is 0 Å². The van der Waals surface area contributed by atoms with Crippen molar-refractivity contribution in [1.29, 1.82) is 0 Å². The molecule has 1 saturated heterocycles. The zero-order valence-corrected chi connectivity index (χ0v) is 12.8. The average Bonchev–Trinajstić information content (AvgIpc) is 2.45. The number of likely N-dealkylation sites (N-methyl/N-ethyl adjacent to an activating group) is 1. The number of carbonyl (C=O) groups is 2. The Morgan fingerprint density at radius 1 is 1.47 bits per heavy atom. The van der Waals surface area contributed by atoms with Crippen LogP contribution >= 0.6 is 22.6 Å². The highest BCUT2D eigenvalue weighted by Gasteiger charge is 2.31. The van der Waals surface area contributed by atoms with E-state index in [0.717, 1.165) is 3.57 Å². The zero-order chi connectivity index (χ0) is 13.8. The van der Waals surface area contributed by atoms with Crippen molar-refractivity contribution in [2.45, 2.75) is 6.04 Å². The summed E-state index contributed by atoms with van der Waals surface area (Å²) in [5.41, 5.74) is 0.628. The molecule has 1 heterocycles. The predicted molar refractivity (Wildman–Crippen MR) is 80.9 cm³/mol. The molecule has 1 aliphatic heterocycles. The fourth-order valence-electron chi connectivity index (χ4n) is 2.14. The van der Waals surface area contributed by atoms with E-state index in [1.54, 1.807) is 18.0 Å². The number of nitrogens with zero attached hydrogens (tertiary/aromatic N) is 1. The monoisotopic (exact) mass is 373 g/mol. The molecule has 0 radical (unpaired) electrons. The average molecular weight is 373 g/mol. The molecule has 19 heavy (non-hydrogen) atoms. The topological polar surface area (TPSA) is 61.4 Å². The van der Waals surface area contributed by atoms with Gasteiger partial charge in [-0.2, -0.15) is 0 Å². The Kier molecular flexibility index (Phi) is 4.76. The highest BCUT2D eigenvalue weighted by atomic mass is 127. The Morgan fingerprint density at radius 2 is 2.26 bits per heavy atom. The lowest BCUT2D eigenvalue weighted by atomic mass is 10.1. The van der Waals surface area contributed by atoms with E-state index in [1.807, 2.05) is 18.2 Å². The molecule has 1 fully saturated rings. The smallest absolute Gasteiger partial charge is 0.254 e. The molecule has 0 spiro atoms. The van der Waals surface area contributed by atoms with Crippen molar-refractivity contribution >= 4 is 34.4 Å². The lowest BCUT2D eigenvalue weighted by Crippen LogP contribution is -2.59. The summed E-state index contributed by atoms with van der Waals surface area (Å²) < 4.78 is 1.01. The molecule has 6 heteroatoms. The van der Waals surface area contributed by atoms with Crippen LogP contribution in [0.3, 0.4) is 0 Å². The summed E-state index contributed by atoms with van der Waals surface area (Å²) in [6, 6.07) is 6.97. The molecule has 1 atom stereocenters. The van der Waals surface area contributed by atoms with Gasteiger partial charge in [-0.05, 0) is 40.8 Å². The molecule has 1 aromatic rings. The SMILES string of the molecule is CNC(=O)C1CNCCN1C(=O)c1cccc(I)c1. The first-order valence-corrected chi connectivity index (χ1v) is 7.20. The van der Waals surface area contributed by atoms with Crippen molar-refractivity contribution in [3.05, 3.63) is 33.4 Å². The van der Waals surface area contributed by atoms with Gasteiger partial charge in [-0.3, -0.25) is 9.59 Å². The first-order valence-electron chi connectivity index (χ1n) is 6.12. The van der Waals surface area contributed by atoms with Gasteiger partial charge in [0, 0.05) is 35.8 Å². The van der Waals surface area contributed by atoms with Crippen LogP contribution in [0.5, 0.6) is 0 Å². The van der Waals surface area contributed by atoms with E-state index < -0.39 is 6.04 Å². The van der Waals surface area contributed by atoms with Gasteiger partial charge >= 0.3 is 0 Å². The van der Waals surface area contributed by atoms with Gasteiger partial charge < -0.3 is 15.5 Å². The molecular weight excluding hydrogens is 357 g/mol. The number of hydrogen-bond donors (Lipinski definition) is 2. The first-order chi connectivity index (χ1) is 9.13. The molecule has 0 bridgehead atoms. The highest BCUT2D eigenvalue weighted by Crippen LogP contribution is 2.13. The largest absolute Gasteiger partial charge is 0.357 e. The maximum atomic E-state index is 12.5. The third kappa shape index (κ3) is 3.24. The second-order valence-corrected chi connectivity index (χ2v) is 5.59. The van der Waals surface area contributed by atoms with Gasteiger partial charge in [-0.1, -0.05) is 6.07 Å². The summed E-state index contributed by atoms with van der Waals surface area (Å²) in [4.78, 5) is 26.0. The molecule has 0 aliphatic carbocycles. The van der Waals surface area contributed by atoms with Crippen LogP contribution in [0.1, 0.15) is 10.4 Å². The predicted octanol–water partition coefficient (Wildman–Crippen LogP) is 0.451. The van der Waals surface area contributed by atoms with Crippen LogP contribution in [0.25, 0.3) is 0 Å². The molecule has 2 rings (SSSR count). The molecular formula is C13H16IN3O2. The summed E-state index contributed by atoms with van der Waals surface area (Å²) in [5.74, 6) is -0.222. The number of hydrogen-bond acceptors (Lipinski definition) is 3. The van der Waals surface area contributed by atoms with Crippen LogP contribution in [-0.2, 0) is 4.79 Å². The normalized spacial score (nSPS) is 19.1. The minimum atomic E-state index is -0.441. The number of carbonyl (C=O) groups excluding carboxylic acids is 2. The molecule has 1 aliphatic rings. The Balaban J connectivity index is 2.22. The van der Waals surface area contributed by atoms with Crippen molar-refractivity contribution in [3.63, 3.8) is 0 Å². The molecule has 2 N–H and O–H groups in total. The van der Waals surface area contributed by atoms with Gasteiger partial charge in [-0.25, -0.2) is 0 Å². The molecule has 1 unspecified atom stereocenters. The Labute approximate surface area is 125 Å². The van der Waals surface area contributed by atoms with E-state index in [0.29, 0.717) is 25.2 Å². The van der Waals surface area contributed by atoms with Crippen molar-refractivity contribution < 1.29 is 9.59 Å². The fraction of sp³-hybridized carbons (Fsp3) is 0.385. The lowest BCUT2D eigenvalue weighted by molar-refractivity contribution is -0.125. The standard InChI is InChI=1S/C13H16IN3O2/c1-15-12(18)11-8-16-5-6-17(11)13(19)9-3-2-4-10(14)7-9/h2-4,7,11,16H,5-6,8H2,1H3,(H,15,18). The third-order valence-corrected chi connectivity index (χ3v) is 3.80. The summed E-state index contributed by atoms with van der Waals surface area (Å²) in [6.45, 7) is 1.75. The number of nitrogens with one attached hydrogen (secondary N) is 2. The van der Waals surface area contributed by atoms with Crippen LogP contribution in [-0.4, -0.2) is 49.4 Å². The van der Waals surface area contributed by atoms with Crippen LogP contribution in [0.4, 0.5) is 0 Å². The highest BCUT2D eigenvalue weighted by molar-refractivity contribution is 14.1. The van der Waals surface area contributed by atoms with Gasteiger partial charge in [0.15, 0.2) is 0 Å². The molecule has 2 amide bonds. The Hall–Kier alpha value is -1.15. The van der Waals surface area contributed by atoms with Crippen molar-refractivity contribution in [2.24, 2.45) is 0 Å². The Morgan fingerprint density at radius 3 is 2.95 bits per heavy atom. The maximum Gasteiger partial charge on any atom is 0.254 e. The van der Waals surface area contributed by atoms with Crippen molar-refractivity contribution in [1.82, 2.24) is 15.5 Å². The fourth-order valence-corrected chi connectivity index (χ4v) is 2.68. The maximum absolute atomic E-state index is 12.5. The minimum Gasteiger partial charge on any atom is -0.357 e. The molecule has 0 saturated carbocycles. The summed E-state index contributed by atoms with van der Waals surface area (Å²) in [6.07, 6.45) is 0. The van der Waals surface area contributed by atoms with E-state index in [2.05, 4.69) is 33.2 Å². The zero-order valence-electron chi connectivity index (χ0n) is 10.6. The molecule has 0 aromatic heterocycles. The van der Waals surface area contributed by atoms with Gasteiger partial charge in [0.25, 0.3) is 5.91 Å². The Bertz CT molecular complexity index is 493. The van der Waals surface area contributed by atoms with Crippen LogP contribution < -0.4 is 10.6 Å². The molecule has 102 valence electrons. The van der Waals surface area contributed by atoms with Gasteiger partial charge in [0.2, 0.25) is 5.91 Å². The van der Waals surface area contributed by atoms with Crippen molar-refractivity contribution in [2.75, 3.05) is 26.7 Å². The summed E-state index contributed by atoms with van der Waals surface area (Å²) in [7, 11) is 1.59. The van der Waals surface area contributed by atoms with E-state index >= 15 is 0 Å². The summed E-state index contributed by atoms with van der Waals surface area (Å²) >= 11 is 2.17. The first kappa shape index (κ1) is 14.3. The molecule has 1 aromatic carbocycles. The molecule has 5 nitrogen and oxygen atoms in total. The van der Waals surface area contributed by atoms with Crippen molar-refractivity contribution in [3.8, 4) is 0 Å². The number of halogens is 1. The lowest BCUT2D eigenvalue weighted by Gasteiger charge is -2.35. The van der Waals surface area contributed by atoms with E-state index in [-0.39, 0.29) is 11.8 Å². The van der Waals surface area contributed by atoms with Gasteiger partial charge in [-0.15, -0.1) is 0 Å². The third-order valence-electron chi connectivity index (χ3n) is 3.12. The van der Waals surface area contributed by atoms with Crippen LogP contribution in [0.15, 0.2) is 24.3 Å². The van der Waals surface area contributed by atoms with Gasteiger partial charge in [0.1, 0.15) is 6.04 Å². The number of rotatable bonds is 2. The minimum absolute atomic E-state index is 0.0892. The van der Waals surface area contributed by atoms with Gasteiger partial charge in [0.05, 0.1) is 0 Å². The summed E-state index contributed by atoms with van der Waals surface area (Å²) in [5, 5.41) is 5.75. The van der Waals surface area contributed by atoms with Crippen LogP contribution in [0, 0.1) is 3.57 Å². The van der Waals surface area contributed by atoms with E-state index in [1.165, 1.54) is 0 Å². The van der Waals surface area contributed by atoms with E-state index in [9.17, 15) is 9.59 Å².